The van der Waals surface area contributed by atoms with Crippen molar-refractivity contribution >= 4 is 5.69 Å². The summed E-state index contributed by atoms with van der Waals surface area (Å²) in [6.45, 7) is 0. The van der Waals surface area contributed by atoms with Crippen molar-refractivity contribution in [2.24, 2.45) is 0 Å². The molecule has 0 spiro atoms. The molecule has 11 heavy (non-hydrogen) atoms. The number of nitrogens with zero attached hydrogens (tertiary/aromatic N) is 3. The van der Waals surface area contributed by atoms with Crippen molar-refractivity contribution in [3.63, 3.8) is 0 Å². The van der Waals surface area contributed by atoms with Crippen molar-refractivity contribution < 1.29 is 5.03 Å². The molecule has 0 fully saturated rings. The Morgan fingerprint density at radius 3 is 2.82 bits per heavy atom. The first kappa shape index (κ1) is 7.42. The fourth-order valence-electron chi connectivity index (χ4n) is 0.561. The van der Waals surface area contributed by atoms with Crippen LogP contribution in [0.15, 0.2) is 24.5 Å². The molecule has 1 rings (SSSR count). The Balaban J connectivity index is 2.85. The van der Waals surface area contributed by atoms with Gasteiger partial charge < -0.3 is 5.21 Å². The topological polar surface area (TPSA) is 82.3 Å². The highest BCUT2D eigenvalue weighted by Gasteiger charge is 2.02. The van der Waals surface area contributed by atoms with Crippen LogP contribution < -0.4 is 5.17 Å². The maximum Gasteiger partial charge on any atom is 0.155 e. The highest BCUT2D eigenvalue weighted by Crippen LogP contribution is 2.08. The standard InChI is InChI=1S/C5H4N3O3/c9-7(8(10)11)5-2-1-3-6-4-5/h1-4H/q-1. The molecule has 0 aliphatic carbocycles. The third kappa shape index (κ3) is 1.62. The van der Waals surface area contributed by atoms with E-state index in [1.54, 1.807) is 0 Å². The minimum absolute atomic E-state index is 0.0856. The molecule has 6 heteroatoms. The van der Waals surface area contributed by atoms with Crippen molar-refractivity contribution in [1.29, 1.82) is 0 Å². The summed E-state index contributed by atoms with van der Waals surface area (Å²) < 4.78 is 0. The van der Waals surface area contributed by atoms with Crippen LogP contribution in [-0.2, 0) is 0 Å². The van der Waals surface area contributed by atoms with Crippen LogP contribution in [-0.4, -0.2) is 10.0 Å². The van der Waals surface area contributed by atoms with Gasteiger partial charge in [0.2, 0.25) is 0 Å². The van der Waals surface area contributed by atoms with Gasteiger partial charge in [0.15, 0.2) is 5.03 Å². The van der Waals surface area contributed by atoms with Gasteiger partial charge >= 0.3 is 0 Å². The summed E-state index contributed by atoms with van der Waals surface area (Å²) in [4.78, 5) is 13.4. The van der Waals surface area contributed by atoms with E-state index in [4.69, 9.17) is 0 Å². The Morgan fingerprint density at radius 2 is 2.36 bits per heavy atom. The smallest absolute Gasteiger partial charge is 0.155 e. The number of aromatic nitrogens is 1. The van der Waals surface area contributed by atoms with Crippen LogP contribution in [0.25, 0.3) is 0 Å². The molecule has 1 aromatic rings. The van der Waals surface area contributed by atoms with E-state index in [9.17, 15) is 15.3 Å². The molecule has 0 aliphatic heterocycles. The molecule has 1 aromatic heterocycles. The van der Waals surface area contributed by atoms with E-state index < -0.39 is 5.03 Å². The molecular weight excluding hydrogens is 150 g/mol. The first-order chi connectivity index (χ1) is 5.22. The number of rotatable bonds is 2. The van der Waals surface area contributed by atoms with Crippen LogP contribution in [0.4, 0.5) is 5.69 Å². The van der Waals surface area contributed by atoms with Crippen LogP contribution in [0.5, 0.6) is 0 Å². The first-order valence-electron chi connectivity index (χ1n) is 2.73. The summed E-state index contributed by atoms with van der Waals surface area (Å²) in [6, 6.07) is 2.76. The van der Waals surface area contributed by atoms with E-state index in [0.29, 0.717) is 0 Å². The Kier molecular flexibility index (Phi) is 1.98. The molecule has 0 saturated carbocycles. The zero-order chi connectivity index (χ0) is 8.27. The highest BCUT2D eigenvalue weighted by molar-refractivity contribution is 5.40. The zero-order valence-electron chi connectivity index (χ0n) is 5.38. The average molecular weight is 154 g/mol. The van der Waals surface area contributed by atoms with Crippen molar-refractivity contribution in [1.82, 2.24) is 4.98 Å². The second kappa shape index (κ2) is 2.93. The van der Waals surface area contributed by atoms with E-state index in [1.807, 2.05) is 0 Å². The Hall–Kier alpha value is -1.69. The maximum absolute atomic E-state index is 10.5. The summed E-state index contributed by atoms with van der Waals surface area (Å²) in [6.07, 6.45) is 2.55. The van der Waals surface area contributed by atoms with E-state index >= 15 is 0 Å². The van der Waals surface area contributed by atoms with E-state index in [1.165, 1.54) is 18.3 Å². The van der Waals surface area contributed by atoms with Crippen molar-refractivity contribution in [3.8, 4) is 0 Å². The van der Waals surface area contributed by atoms with Gasteiger partial charge in [0.05, 0.1) is 6.20 Å². The molecular formula is C5H4N3O3-. The molecule has 6 nitrogen and oxygen atoms in total. The molecule has 0 saturated heterocycles. The van der Waals surface area contributed by atoms with Gasteiger partial charge in [-0.25, -0.2) is 10.1 Å². The first-order valence-corrected chi connectivity index (χ1v) is 2.73. The lowest BCUT2D eigenvalue weighted by atomic mass is 10.4. The van der Waals surface area contributed by atoms with Crippen molar-refractivity contribution in [2.75, 3.05) is 5.17 Å². The minimum Gasteiger partial charge on any atom is -0.698 e. The second-order valence-electron chi connectivity index (χ2n) is 1.72. The quantitative estimate of drug-likeness (QED) is 0.459. The van der Waals surface area contributed by atoms with Crippen LogP contribution in [0.1, 0.15) is 0 Å². The number of anilines is 1. The molecule has 0 unspecified atom stereocenters. The van der Waals surface area contributed by atoms with Crippen LogP contribution >= 0.6 is 0 Å². The van der Waals surface area contributed by atoms with Gasteiger partial charge in [-0.1, -0.05) is 0 Å². The van der Waals surface area contributed by atoms with Gasteiger partial charge in [-0.2, -0.15) is 0 Å². The Bertz CT molecular complexity index is 250. The van der Waals surface area contributed by atoms with Gasteiger partial charge in [-0.15, -0.1) is 5.17 Å². The van der Waals surface area contributed by atoms with Crippen LogP contribution in [0.2, 0.25) is 0 Å². The number of pyridine rings is 1. The third-order valence-electron chi connectivity index (χ3n) is 1.02. The molecule has 0 radical (unpaired) electrons. The average Bonchev–Trinajstić information content (AvgIpc) is 2.05. The largest absolute Gasteiger partial charge is 0.698 e. The van der Waals surface area contributed by atoms with Crippen molar-refractivity contribution in [2.45, 2.75) is 0 Å². The van der Waals surface area contributed by atoms with Gasteiger partial charge in [0.25, 0.3) is 0 Å². The number of hydrogen-bond acceptors (Lipinski definition) is 4. The third-order valence-corrected chi connectivity index (χ3v) is 1.02. The van der Waals surface area contributed by atoms with Gasteiger partial charge in [0, 0.05) is 6.20 Å². The minimum atomic E-state index is -1.06. The fraction of sp³-hybridized carbons (Fsp3) is 0. The lowest BCUT2D eigenvalue weighted by molar-refractivity contribution is -0.485. The van der Waals surface area contributed by atoms with Crippen LogP contribution in [0, 0.1) is 15.3 Å². The van der Waals surface area contributed by atoms with E-state index in [0.717, 1.165) is 6.20 Å². The summed E-state index contributed by atoms with van der Waals surface area (Å²) in [7, 11) is 0. The molecule has 0 amide bonds. The lowest BCUT2D eigenvalue weighted by Gasteiger charge is -2.16. The molecule has 1 heterocycles. The number of hydrogen-bond donors (Lipinski definition) is 0. The highest BCUT2D eigenvalue weighted by atomic mass is 16.8. The molecule has 58 valence electrons. The van der Waals surface area contributed by atoms with Crippen molar-refractivity contribution in [3.05, 3.63) is 39.8 Å². The van der Waals surface area contributed by atoms with E-state index in [2.05, 4.69) is 4.98 Å². The predicted octanol–water partition coefficient (Wildman–Crippen LogP) is 0.577. The molecule has 0 N–H and O–H groups in total. The number of hydrazine groups is 1. The SMILES string of the molecule is O=[N+]([O-])N([O-])c1cccnc1. The van der Waals surface area contributed by atoms with Gasteiger partial charge in [-0.3, -0.25) is 4.98 Å². The van der Waals surface area contributed by atoms with E-state index in [-0.39, 0.29) is 10.9 Å². The van der Waals surface area contributed by atoms with Gasteiger partial charge in [0.1, 0.15) is 5.69 Å². The summed E-state index contributed by atoms with van der Waals surface area (Å²) in [5.74, 6) is 0. The zero-order valence-corrected chi connectivity index (χ0v) is 5.38. The lowest BCUT2D eigenvalue weighted by Crippen LogP contribution is -2.22. The van der Waals surface area contributed by atoms with Gasteiger partial charge in [-0.05, 0) is 12.1 Å². The molecule has 0 atom stereocenters. The molecule has 0 bridgehead atoms. The monoisotopic (exact) mass is 154 g/mol. The fourth-order valence-corrected chi connectivity index (χ4v) is 0.561. The normalized spacial score (nSPS) is 9.18. The summed E-state index contributed by atoms with van der Waals surface area (Å²) >= 11 is 0. The number of nitro groups is 1. The maximum atomic E-state index is 10.5. The molecule has 0 aliphatic rings. The summed E-state index contributed by atoms with van der Waals surface area (Å²) in [5, 5.41) is 19.0. The summed E-state index contributed by atoms with van der Waals surface area (Å²) in [5.41, 5.74) is -0.0856. The predicted molar refractivity (Wildman–Crippen MR) is 37.1 cm³/mol. The van der Waals surface area contributed by atoms with Crippen LogP contribution in [0.3, 0.4) is 0 Å². The Labute approximate surface area is 61.8 Å². The Morgan fingerprint density at radius 1 is 1.64 bits per heavy atom. The second-order valence-corrected chi connectivity index (χ2v) is 1.72. The molecule has 0 aromatic carbocycles.